The minimum absolute atomic E-state index is 0.0972. The van der Waals surface area contributed by atoms with Crippen molar-refractivity contribution in [1.82, 2.24) is 20.2 Å². The Balaban J connectivity index is 2.41. The van der Waals surface area contributed by atoms with Crippen molar-refractivity contribution in [3.05, 3.63) is 5.82 Å². The largest absolute Gasteiger partial charge is 0.385 e. The van der Waals surface area contributed by atoms with Crippen molar-refractivity contribution in [2.24, 2.45) is 12.8 Å². The van der Waals surface area contributed by atoms with E-state index in [4.69, 9.17) is 10.5 Å². The van der Waals surface area contributed by atoms with Gasteiger partial charge in [0.2, 0.25) is 0 Å². The number of aryl methyl sites for hydroxylation is 1. The van der Waals surface area contributed by atoms with Crippen LogP contribution in [0.5, 0.6) is 0 Å². The van der Waals surface area contributed by atoms with Crippen molar-refractivity contribution in [3.63, 3.8) is 0 Å². The Morgan fingerprint density at radius 3 is 2.93 bits per heavy atom. The van der Waals surface area contributed by atoms with Crippen LogP contribution in [0.3, 0.4) is 0 Å². The van der Waals surface area contributed by atoms with Crippen molar-refractivity contribution >= 4 is 5.78 Å². The molecule has 7 heteroatoms. The van der Waals surface area contributed by atoms with Crippen molar-refractivity contribution in [2.75, 3.05) is 13.7 Å². The van der Waals surface area contributed by atoms with E-state index in [0.717, 1.165) is 0 Å². The molecule has 1 unspecified atom stereocenters. The van der Waals surface area contributed by atoms with Gasteiger partial charge in [0.1, 0.15) is 0 Å². The van der Waals surface area contributed by atoms with E-state index in [1.165, 1.54) is 4.80 Å². The van der Waals surface area contributed by atoms with Gasteiger partial charge in [-0.15, -0.1) is 10.2 Å². The maximum Gasteiger partial charge on any atom is 0.182 e. The van der Waals surface area contributed by atoms with E-state index >= 15 is 0 Å². The molecule has 1 aromatic heterocycles. The zero-order valence-electron chi connectivity index (χ0n) is 8.88. The highest BCUT2D eigenvalue weighted by Gasteiger charge is 2.16. The number of methoxy groups -OCH3 is 1. The number of hydrogen-bond donors (Lipinski definition) is 1. The van der Waals surface area contributed by atoms with Gasteiger partial charge in [-0.2, -0.15) is 4.80 Å². The van der Waals surface area contributed by atoms with Crippen molar-refractivity contribution in [3.8, 4) is 0 Å². The number of ether oxygens (including phenoxy) is 1. The number of carbonyl (C=O) groups excluding carboxylic acids is 1. The Hall–Kier alpha value is -1.34. The van der Waals surface area contributed by atoms with Crippen LogP contribution in [0.4, 0.5) is 0 Å². The van der Waals surface area contributed by atoms with E-state index in [1.54, 1.807) is 14.2 Å². The van der Waals surface area contributed by atoms with Crippen LogP contribution in [0.2, 0.25) is 0 Å². The molecule has 0 saturated heterocycles. The minimum atomic E-state index is -0.520. The number of Topliss-reactive ketones (excluding diaryl/α,β-unsaturated/α-hetero) is 1. The first kappa shape index (κ1) is 11.7. The third-order valence-corrected chi connectivity index (χ3v) is 1.93. The molecule has 1 atom stereocenters. The molecule has 1 heterocycles. The van der Waals surface area contributed by atoms with Crippen LogP contribution in [-0.4, -0.2) is 45.7 Å². The second-order valence-electron chi connectivity index (χ2n) is 3.23. The lowest BCUT2D eigenvalue weighted by atomic mass is 10.1. The van der Waals surface area contributed by atoms with Gasteiger partial charge in [0.25, 0.3) is 0 Å². The summed E-state index contributed by atoms with van der Waals surface area (Å²) in [6.45, 7) is 0.473. The molecule has 15 heavy (non-hydrogen) atoms. The standard InChI is InChI=1S/C8H15N5O2/c1-13-11-8(10-12-13)5-7(14)6(9)3-4-15-2/h6H,3-5,9H2,1-2H3. The van der Waals surface area contributed by atoms with Crippen LogP contribution in [-0.2, 0) is 23.0 Å². The zero-order valence-corrected chi connectivity index (χ0v) is 8.88. The summed E-state index contributed by atoms with van der Waals surface area (Å²) in [6, 6.07) is -0.520. The number of nitrogens with zero attached hydrogens (tertiary/aromatic N) is 4. The maximum absolute atomic E-state index is 11.5. The molecule has 1 aromatic rings. The molecule has 0 aliphatic rings. The van der Waals surface area contributed by atoms with E-state index < -0.39 is 6.04 Å². The molecule has 7 nitrogen and oxygen atoms in total. The molecule has 0 aromatic carbocycles. The fourth-order valence-electron chi connectivity index (χ4n) is 1.09. The van der Waals surface area contributed by atoms with E-state index in [2.05, 4.69) is 15.4 Å². The number of nitrogens with two attached hydrogens (primary N) is 1. The SMILES string of the molecule is COCCC(N)C(=O)Cc1nnn(C)n1. The van der Waals surface area contributed by atoms with Crippen LogP contribution in [0.25, 0.3) is 0 Å². The number of carbonyl (C=O) groups is 1. The van der Waals surface area contributed by atoms with Gasteiger partial charge < -0.3 is 10.5 Å². The zero-order chi connectivity index (χ0) is 11.3. The average molecular weight is 213 g/mol. The molecule has 0 radical (unpaired) electrons. The Kier molecular flexibility index (Phi) is 4.32. The average Bonchev–Trinajstić information content (AvgIpc) is 2.60. The highest BCUT2D eigenvalue weighted by atomic mass is 16.5. The van der Waals surface area contributed by atoms with Crippen molar-refractivity contribution in [2.45, 2.75) is 18.9 Å². The predicted octanol–water partition coefficient (Wildman–Crippen LogP) is -1.31. The monoisotopic (exact) mass is 213 g/mol. The van der Waals surface area contributed by atoms with Crippen molar-refractivity contribution < 1.29 is 9.53 Å². The van der Waals surface area contributed by atoms with Gasteiger partial charge in [-0.1, -0.05) is 0 Å². The molecule has 84 valence electrons. The lowest BCUT2D eigenvalue weighted by Crippen LogP contribution is -2.33. The normalized spacial score (nSPS) is 12.7. The number of tetrazole rings is 1. The number of ketones is 1. The third kappa shape index (κ3) is 3.72. The molecule has 1 rings (SSSR count). The van der Waals surface area contributed by atoms with E-state index in [-0.39, 0.29) is 12.2 Å². The van der Waals surface area contributed by atoms with Gasteiger partial charge in [0, 0.05) is 13.7 Å². The van der Waals surface area contributed by atoms with Gasteiger partial charge in [-0.05, 0) is 11.6 Å². The number of hydrogen-bond acceptors (Lipinski definition) is 6. The lowest BCUT2D eigenvalue weighted by Gasteiger charge is -2.07. The Labute approximate surface area is 87.6 Å². The first-order valence-electron chi connectivity index (χ1n) is 4.63. The smallest absolute Gasteiger partial charge is 0.182 e. The highest BCUT2D eigenvalue weighted by molar-refractivity contribution is 5.85. The van der Waals surface area contributed by atoms with E-state index in [1.807, 2.05) is 0 Å². The predicted molar refractivity (Wildman–Crippen MR) is 52.0 cm³/mol. The summed E-state index contributed by atoms with van der Waals surface area (Å²) >= 11 is 0. The molecule has 2 N–H and O–H groups in total. The molecule has 0 aliphatic heterocycles. The lowest BCUT2D eigenvalue weighted by molar-refractivity contribution is -0.120. The quantitative estimate of drug-likeness (QED) is 0.630. The molecule has 0 aliphatic carbocycles. The summed E-state index contributed by atoms with van der Waals surface area (Å²) in [7, 11) is 3.22. The topological polar surface area (TPSA) is 95.9 Å². The Morgan fingerprint density at radius 2 is 2.40 bits per heavy atom. The van der Waals surface area contributed by atoms with Gasteiger partial charge >= 0.3 is 0 Å². The second kappa shape index (κ2) is 5.52. The second-order valence-corrected chi connectivity index (χ2v) is 3.23. The fourth-order valence-corrected chi connectivity index (χ4v) is 1.09. The van der Waals surface area contributed by atoms with Crippen LogP contribution in [0.15, 0.2) is 0 Å². The van der Waals surface area contributed by atoms with Gasteiger partial charge in [0.15, 0.2) is 11.6 Å². The van der Waals surface area contributed by atoms with Gasteiger partial charge in [0.05, 0.1) is 19.5 Å². The molecular weight excluding hydrogens is 198 g/mol. The summed E-state index contributed by atoms with van der Waals surface area (Å²) in [5.41, 5.74) is 5.65. The molecule has 0 fully saturated rings. The summed E-state index contributed by atoms with van der Waals surface area (Å²) < 4.78 is 4.84. The molecule has 0 amide bonds. The third-order valence-electron chi connectivity index (χ3n) is 1.93. The summed E-state index contributed by atoms with van der Waals surface area (Å²) in [5.74, 6) is 0.301. The van der Waals surface area contributed by atoms with Crippen LogP contribution >= 0.6 is 0 Å². The fraction of sp³-hybridized carbons (Fsp3) is 0.750. The van der Waals surface area contributed by atoms with Crippen LogP contribution in [0, 0.1) is 0 Å². The van der Waals surface area contributed by atoms with Gasteiger partial charge in [-0.25, -0.2) is 0 Å². The first-order valence-corrected chi connectivity index (χ1v) is 4.63. The van der Waals surface area contributed by atoms with E-state index in [0.29, 0.717) is 18.9 Å². The highest BCUT2D eigenvalue weighted by Crippen LogP contribution is 1.96. The molecular formula is C8H15N5O2. The molecule has 0 spiro atoms. The minimum Gasteiger partial charge on any atom is -0.385 e. The first-order chi connectivity index (χ1) is 7.13. The van der Waals surface area contributed by atoms with E-state index in [9.17, 15) is 4.79 Å². The Morgan fingerprint density at radius 1 is 1.67 bits per heavy atom. The summed E-state index contributed by atoms with van der Waals surface area (Å²) in [6.07, 6.45) is 0.633. The summed E-state index contributed by atoms with van der Waals surface area (Å²) in [5, 5.41) is 11.2. The maximum atomic E-state index is 11.5. The van der Waals surface area contributed by atoms with Crippen molar-refractivity contribution in [1.29, 1.82) is 0 Å². The van der Waals surface area contributed by atoms with Gasteiger partial charge in [-0.3, -0.25) is 4.79 Å². The van der Waals surface area contributed by atoms with Crippen LogP contribution < -0.4 is 5.73 Å². The molecule has 0 bridgehead atoms. The summed E-state index contributed by atoms with van der Waals surface area (Å²) in [4.78, 5) is 12.8. The van der Waals surface area contributed by atoms with Crippen LogP contribution in [0.1, 0.15) is 12.2 Å². The molecule has 0 saturated carbocycles. The number of aromatic nitrogens is 4. The number of rotatable bonds is 6. The Bertz CT molecular complexity index is 325.